The predicted molar refractivity (Wildman–Crippen MR) is 73.0 cm³/mol. The molecule has 4 heteroatoms. The summed E-state index contributed by atoms with van der Waals surface area (Å²) in [4.78, 5) is 0. The van der Waals surface area contributed by atoms with Crippen LogP contribution >= 0.6 is 15.9 Å². The summed E-state index contributed by atoms with van der Waals surface area (Å²) in [6, 6.07) is 8.67. The molecule has 2 atom stereocenters. The Morgan fingerprint density at radius 2 is 1.59 bits per heavy atom. The molecule has 1 unspecified atom stereocenters. The van der Waals surface area contributed by atoms with Crippen LogP contribution in [0.5, 0.6) is 0 Å². The van der Waals surface area contributed by atoms with E-state index in [1.165, 1.54) is 5.56 Å². The molecule has 0 saturated carbocycles. The summed E-state index contributed by atoms with van der Waals surface area (Å²) in [6.45, 7) is 4.18. The number of nitrogens with one attached hydrogen (secondary N) is 1. The molecule has 0 saturated heterocycles. The zero-order valence-corrected chi connectivity index (χ0v) is 12.3. The molecule has 0 spiro atoms. The molecule has 0 heterocycles. The Hall–Kier alpha value is -0.420. The van der Waals surface area contributed by atoms with Crippen molar-refractivity contribution < 1.29 is 9.47 Å². The van der Waals surface area contributed by atoms with Crippen molar-refractivity contribution in [2.75, 3.05) is 14.2 Å². The Morgan fingerprint density at radius 3 is 2.06 bits per heavy atom. The van der Waals surface area contributed by atoms with Crippen molar-refractivity contribution in [1.82, 2.24) is 5.32 Å². The predicted octanol–water partition coefficient (Wildman–Crippen LogP) is 3.11. The summed E-state index contributed by atoms with van der Waals surface area (Å²) >= 11 is 3.43. The van der Waals surface area contributed by atoms with Gasteiger partial charge in [-0.1, -0.05) is 28.1 Å². The van der Waals surface area contributed by atoms with Gasteiger partial charge in [0, 0.05) is 24.7 Å². The third-order valence-corrected chi connectivity index (χ3v) is 3.28. The molecule has 96 valence electrons. The summed E-state index contributed by atoms with van der Waals surface area (Å²) in [5.74, 6) is 0. The second-order valence-electron chi connectivity index (χ2n) is 4.07. The van der Waals surface area contributed by atoms with E-state index in [4.69, 9.17) is 9.47 Å². The van der Waals surface area contributed by atoms with Gasteiger partial charge < -0.3 is 14.8 Å². The molecule has 17 heavy (non-hydrogen) atoms. The van der Waals surface area contributed by atoms with Gasteiger partial charge in [-0.3, -0.25) is 0 Å². The van der Waals surface area contributed by atoms with Gasteiger partial charge in [-0.05, 0) is 31.5 Å². The highest BCUT2D eigenvalue weighted by atomic mass is 79.9. The molecule has 0 fully saturated rings. The first-order valence-corrected chi connectivity index (χ1v) is 6.45. The maximum Gasteiger partial charge on any atom is 0.171 e. The SMILES string of the molecule is COC(OC)C(C)N[C@H](C)c1ccc(Br)cc1. The topological polar surface area (TPSA) is 30.5 Å². The molecular weight excluding hydrogens is 282 g/mol. The van der Waals surface area contributed by atoms with Gasteiger partial charge in [0.1, 0.15) is 0 Å². The summed E-state index contributed by atoms with van der Waals surface area (Å²) in [5.41, 5.74) is 1.24. The third kappa shape index (κ3) is 4.39. The van der Waals surface area contributed by atoms with Gasteiger partial charge in [0.15, 0.2) is 6.29 Å². The fourth-order valence-electron chi connectivity index (χ4n) is 1.83. The molecule has 1 N–H and O–H groups in total. The van der Waals surface area contributed by atoms with Crippen molar-refractivity contribution in [3.05, 3.63) is 34.3 Å². The van der Waals surface area contributed by atoms with Crippen LogP contribution in [0.25, 0.3) is 0 Å². The molecular formula is C13H20BrNO2. The number of hydrogen-bond acceptors (Lipinski definition) is 3. The first-order valence-electron chi connectivity index (χ1n) is 5.65. The van der Waals surface area contributed by atoms with Crippen LogP contribution in [-0.2, 0) is 9.47 Å². The number of ether oxygens (including phenoxy) is 2. The minimum atomic E-state index is -0.229. The normalized spacial score (nSPS) is 14.9. The molecule has 0 aromatic heterocycles. The lowest BCUT2D eigenvalue weighted by atomic mass is 10.1. The van der Waals surface area contributed by atoms with Crippen molar-refractivity contribution in [2.45, 2.75) is 32.2 Å². The summed E-state index contributed by atoms with van der Waals surface area (Å²) in [6.07, 6.45) is -0.229. The van der Waals surface area contributed by atoms with Gasteiger partial charge in [0.05, 0.1) is 6.04 Å². The van der Waals surface area contributed by atoms with Gasteiger partial charge in [0.2, 0.25) is 0 Å². The van der Waals surface area contributed by atoms with Gasteiger partial charge in [-0.2, -0.15) is 0 Å². The monoisotopic (exact) mass is 301 g/mol. The van der Waals surface area contributed by atoms with Crippen LogP contribution in [0.1, 0.15) is 25.5 Å². The second-order valence-corrected chi connectivity index (χ2v) is 4.98. The Bertz CT molecular complexity index is 325. The van der Waals surface area contributed by atoms with Crippen molar-refractivity contribution in [2.24, 2.45) is 0 Å². The zero-order chi connectivity index (χ0) is 12.8. The fraction of sp³-hybridized carbons (Fsp3) is 0.538. The largest absolute Gasteiger partial charge is 0.354 e. The van der Waals surface area contributed by atoms with E-state index in [-0.39, 0.29) is 18.4 Å². The summed E-state index contributed by atoms with van der Waals surface area (Å²) in [7, 11) is 3.30. The quantitative estimate of drug-likeness (QED) is 0.819. The van der Waals surface area contributed by atoms with Crippen LogP contribution in [-0.4, -0.2) is 26.6 Å². The molecule has 0 radical (unpaired) electrons. The van der Waals surface area contributed by atoms with Crippen LogP contribution in [0.15, 0.2) is 28.7 Å². The Morgan fingerprint density at radius 1 is 1.06 bits per heavy atom. The Labute approximate surface area is 112 Å². The summed E-state index contributed by atoms with van der Waals surface area (Å²) in [5, 5.41) is 3.45. The first-order chi connectivity index (χ1) is 8.08. The van der Waals surface area contributed by atoms with Gasteiger partial charge >= 0.3 is 0 Å². The number of hydrogen-bond donors (Lipinski definition) is 1. The average molecular weight is 302 g/mol. The van der Waals surface area contributed by atoms with E-state index in [9.17, 15) is 0 Å². The van der Waals surface area contributed by atoms with Crippen LogP contribution < -0.4 is 5.32 Å². The minimum Gasteiger partial charge on any atom is -0.354 e. The smallest absolute Gasteiger partial charge is 0.171 e. The number of halogens is 1. The van der Waals surface area contributed by atoms with Crippen LogP contribution in [0.2, 0.25) is 0 Å². The lowest BCUT2D eigenvalue weighted by molar-refractivity contribution is -0.120. The molecule has 0 aliphatic carbocycles. The van der Waals surface area contributed by atoms with Crippen LogP contribution in [0.4, 0.5) is 0 Å². The van der Waals surface area contributed by atoms with Crippen LogP contribution in [0, 0.1) is 0 Å². The standard InChI is InChI=1S/C13H20BrNO2/c1-9(11-5-7-12(14)8-6-11)15-10(2)13(16-3)17-4/h5-10,13,15H,1-4H3/t9-,10?/m1/s1. The van der Waals surface area contributed by atoms with Crippen molar-refractivity contribution >= 4 is 15.9 Å². The van der Waals surface area contributed by atoms with Crippen molar-refractivity contribution in [3.8, 4) is 0 Å². The van der Waals surface area contributed by atoms with Gasteiger partial charge in [-0.25, -0.2) is 0 Å². The fourth-order valence-corrected chi connectivity index (χ4v) is 2.09. The van der Waals surface area contributed by atoms with Crippen LogP contribution in [0.3, 0.4) is 0 Å². The molecule has 0 amide bonds. The third-order valence-electron chi connectivity index (χ3n) is 2.76. The average Bonchev–Trinajstić information content (AvgIpc) is 2.31. The molecule has 0 bridgehead atoms. The molecule has 0 aliphatic rings. The van der Waals surface area contributed by atoms with E-state index in [2.05, 4.69) is 40.3 Å². The lowest BCUT2D eigenvalue weighted by Crippen LogP contribution is -2.40. The summed E-state index contributed by atoms with van der Waals surface area (Å²) < 4.78 is 11.5. The van der Waals surface area contributed by atoms with Crippen molar-refractivity contribution in [3.63, 3.8) is 0 Å². The van der Waals surface area contributed by atoms with E-state index < -0.39 is 0 Å². The Balaban J connectivity index is 2.59. The maximum absolute atomic E-state index is 5.22. The van der Waals surface area contributed by atoms with Gasteiger partial charge in [-0.15, -0.1) is 0 Å². The highest BCUT2D eigenvalue weighted by Crippen LogP contribution is 2.17. The van der Waals surface area contributed by atoms with E-state index in [0.717, 1.165) is 4.47 Å². The number of rotatable bonds is 6. The number of benzene rings is 1. The zero-order valence-electron chi connectivity index (χ0n) is 10.7. The molecule has 1 aromatic rings. The van der Waals surface area contributed by atoms with E-state index >= 15 is 0 Å². The number of methoxy groups -OCH3 is 2. The van der Waals surface area contributed by atoms with Crippen molar-refractivity contribution in [1.29, 1.82) is 0 Å². The Kier molecular flexibility index (Phi) is 6.12. The second kappa shape index (κ2) is 7.11. The van der Waals surface area contributed by atoms with E-state index in [1.54, 1.807) is 14.2 Å². The van der Waals surface area contributed by atoms with E-state index in [0.29, 0.717) is 0 Å². The lowest BCUT2D eigenvalue weighted by Gasteiger charge is -2.26. The molecule has 1 rings (SSSR count). The highest BCUT2D eigenvalue weighted by Gasteiger charge is 2.18. The molecule has 0 aliphatic heterocycles. The highest BCUT2D eigenvalue weighted by molar-refractivity contribution is 9.10. The first kappa shape index (κ1) is 14.6. The van der Waals surface area contributed by atoms with E-state index in [1.807, 2.05) is 19.1 Å². The maximum atomic E-state index is 5.22. The molecule has 3 nitrogen and oxygen atoms in total. The van der Waals surface area contributed by atoms with Gasteiger partial charge in [0.25, 0.3) is 0 Å². The molecule has 1 aromatic carbocycles. The minimum absolute atomic E-state index is 0.128.